The van der Waals surface area contributed by atoms with E-state index in [9.17, 15) is 18.0 Å². The van der Waals surface area contributed by atoms with Gasteiger partial charge in [0.2, 0.25) is 10.0 Å². The topological polar surface area (TPSA) is 157 Å². The summed E-state index contributed by atoms with van der Waals surface area (Å²) in [4.78, 5) is 27.9. The maximum atomic E-state index is 13.6. The minimum absolute atomic E-state index is 0.0809. The third kappa shape index (κ3) is 9.30. The van der Waals surface area contributed by atoms with Crippen LogP contribution in [0.5, 0.6) is 5.75 Å². The van der Waals surface area contributed by atoms with Crippen molar-refractivity contribution in [3.63, 3.8) is 0 Å². The van der Waals surface area contributed by atoms with Crippen molar-refractivity contribution in [3.05, 3.63) is 124 Å². The van der Waals surface area contributed by atoms with Gasteiger partial charge in [-0.2, -0.15) is 5.10 Å². The number of sulfonamides is 1. The van der Waals surface area contributed by atoms with Crippen LogP contribution in [0.15, 0.2) is 121 Å². The summed E-state index contributed by atoms with van der Waals surface area (Å²) in [5.74, 6) is 0.0389. The lowest BCUT2D eigenvalue weighted by Crippen LogP contribution is -2.28. The lowest BCUT2D eigenvalue weighted by atomic mass is 10.1. The van der Waals surface area contributed by atoms with E-state index in [1.807, 2.05) is 43.3 Å². The number of thioether (sulfide) groups is 1. The third-order valence-corrected chi connectivity index (χ3v) is 8.63. The number of amides is 2. The number of benzene rings is 3. The highest BCUT2D eigenvalue weighted by atomic mass is 35.5. The van der Waals surface area contributed by atoms with Crippen LogP contribution in [0.25, 0.3) is 12.2 Å². The second-order valence-electron chi connectivity index (χ2n) is 10.1. The number of hydrogen-bond donors (Lipinski definition) is 2. The molecule has 0 atom stereocenters. The molecule has 0 aliphatic carbocycles. The van der Waals surface area contributed by atoms with E-state index in [4.69, 9.17) is 25.9 Å². The lowest BCUT2D eigenvalue weighted by molar-refractivity contribution is -0.122. The van der Waals surface area contributed by atoms with Crippen LogP contribution in [0.4, 0.5) is 5.69 Å². The van der Waals surface area contributed by atoms with Crippen molar-refractivity contribution in [1.82, 2.24) is 4.90 Å². The van der Waals surface area contributed by atoms with Gasteiger partial charge in [-0.05, 0) is 90.5 Å². The second-order valence-corrected chi connectivity index (χ2v) is 13.1. The Morgan fingerprint density at radius 2 is 1.85 bits per heavy atom. The van der Waals surface area contributed by atoms with Gasteiger partial charge in [0, 0.05) is 16.3 Å². The van der Waals surface area contributed by atoms with Crippen molar-refractivity contribution in [2.24, 2.45) is 15.3 Å². The van der Waals surface area contributed by atoms with Gasteiger partial charge in [-0.1, -0.05) is 48.0 Å². The third-order valence-electron chi connectivity index (χ3n) is 6.46. The summed E-state index contributed by atoms with van der Waals surface area (Å²) < 4.78 is 34.2. The normalized spacial score (nSPS) is 15.6. The molecule has 1 aliphatic heterocycles. The molecule has 0 radical (unpaired) electrons. The average Bonchev–Trinajstić information content (AvgIpc) is 3.65. The molecule has 1 aliphatic rings. The molecule has 240 valence electrons. The number of amidine groups is 1. The smallest absolute Gasteiger partial charge is 0.267 e. The van der Waals surface area contributed by atoms with Crippen LogP contribution in [0.2, 0.25) is 5.02 Å². The van der Waals surface area contributed by atoms with Crippen molar-refractivity contribution < 1.29 is 27.2 Å². The van der Waals surface area contributed by atoms with E-state index in [0.717, 1.165) is 22.9 Å². The van der Waals surface area contributed by atoms with E-state index in [1.54, 1.807) is 42.6 Å². The minimum Gasteiger partial charge on any atom is -0.483 e. The number of primary sulfonamides is 1. The standard InChI is InChI=1S/C33H28ClN5O6S2/c1-22(16-23-6-3-2-4-7-23)19-36-38-33-39(20-27-8-5-15-44-27)32(41)30(46-33)18-24-17-25(34)9-14-29(24)45-21-31(40)37-26-10-12-28(13-11-26)47(35,42)43/h2-19H,20-21H2,1H3,(H,37,40)(H2,35,42,43)/b22-16+,30-18-,36-19+,38-33-. The zero-order valence-corrected chi connectivity index (χ0v) is 27.3. The minimum atomic E-state index is -3.86. The number of allylic oxidation sites excluding steroid dienone is 1. The number of carbonyl (C=O) groups excluding carboxylic acids is 2. The van der Waals surface area contributed by atoms with E-state index in [0.29, 0.717) is 37.9 Å². The Kier molecular flexibility index (Phi) is 10.7. The van der Waals surface area contributed by atoms with Crippen molar-refractivity contribution in [3.8, 4) is 5.75 Å². The molecule has 1 fully saturated rings. The van der Waals surface area contributed by atoms with Gasteiger partial charge in [-0.15, -0.1) is 5.10 Å². The van der Waals surface area contributed by atoms with Gasteiger partial charge in [-0.25, -0.2) is 13.6 Å². The van der Waals surface area contributed by atoms with Gasteiger partial charge in [-0.3, -0.25) is 14.5 Å². The SMILES string of the molecule is CC(/C=N/N=C1\S/C(=C\c2cc(Cl)ccc2OCC(=O)Nc2ccc(S(N)(=O)=O)cc2)C(=O)N1Cc1ccco1)=C\c1ccccc1. The first-order chi connectivity index (χ1) is 22.5. The first kappa shape index (κ1) is 33.4. The molecular formula is C33H28ClN5O6S2. The van der Waals surface area contributed by atoms with Crippen LogP contribution in [0, 0.1) is 0 Å². The summed E-state index contributed by atoms with van der Waals surface area (Å²) in [5, 5.41) is 17.1. The van der Waals surface area contributed by atoms with E-state index >= 15 is 0 Å². The molecule has 47 heavy (non-hydrogen) atoms. The Morgan fingerprint density at radius 1 is 1.09 bits per heavy atom. The predicted octanol–water partition coefficient (Wildman–Crippen LogP) is 6.16. The summed E-state index contributed by atoms with van der Waals surface area (Å²) in [7, 11) is -3.86. The molecule has 0 bridgehead atoms. The highest BCUT2D eigenvalue weighted by Gasteiger charge is 2.34. The van der Waals surface area contributed by atoms with Gasteiger partial charge < -0.3 is 14.5 Å². The number of nitrogens with one attached hydrogen (secondary N) is 1. The van der Waals surface area contributed by atoms with Crippen molar-refractivity contribution in [2.45, 2.75) is 18.4 Å². The fourth-order valence-electron chi connectivity index (χ4n) is 4.27. The molecule has 1 aromatic heterocycles. The molecule has 2 heterocycles. The maximum absolute atomic E-state index is 13.6. The van der Waals surface area contributed by atoms with Gasteiger partial charge >= 0.3 is 0 Å². The Bertz CT molecular complexity index is 1990. The summed E-state index contributed by atoms with van der Waals surface area (Å²) >= 11 is 7.41. The molecule has 4 aromatic rings. The summed E-state index contributed by atoms with van der Waals surface area (Å²) in [6.07, 6.45) is 6.71. The number of rotatable bonds is 11. The Labute approximate surface area is 280 Å². The second kappa shape index (κ2) is 15.1. The first-order valence-corrected chi connectivity index (χ1v) is 16.7. The number of carbonyl (C=O) groups is 2. The quantitative estimate of drug-likeness (QED) is 0.108. The molecule has 11 nitrogen and oxygen atoms in total. The fourth-order valence-corrected chi connectivity index (χ4v) is 5.89. The van der Waals surface area contributed by atoms with Crippen molar-refractivity contribution in [1.29, 1.82) is 0 Å². The molecule has 1 saturated heterocycles. The number of furan rings is 1. The number of nitrogens with two attached hydrogens (primary N) is 1. The monoisotopic (exact) mass is 689 g/mol. The Balaban J connectivity index is 1.33. The molecule has 0 spiro atoms. The van der Waals surface area contributed by atoms with Crippen molar-refractivity contribution in [2.75, 3.05) is 11.9 Å². The molecule has 3 N–H and O–H groups in total. The number of hydrogen-bond acceptors (Lipinski definition) is 9. The van der Waals surface area contributed by atoms with Crippen LogP contribution < -0.4 is 15.2 Å². The Morgan fingerprint density at radius 3 is 2.55 bits per heavy atom. The molecule has 5 rings (SSSR count). The fraction of sp³-hybridized carbons (Fsp3) is 0.0909. The van der Waals surface area contributed by atoms with Gasteiger partial charge in [0.1, 0.15) is 11.5 Å². The van der Waals surface area contributed by atoms with E-state index in [1.165, 1.54) is 35.4 Å². The van der Waals surface area contributed by atoms with Gasteiger partial charge in [0.25, 0.3) is 11.8 Å². The summed E-state index contributed by atoms with van der Waals surface area (Å²) in [5.41, 5.74) is 2.71. The summed E-state index contributed by atoms with van der Waals surface area (Å²) in [6, 6.07) is 23.5. The molecule has 0 saturated carbocycles. The number of ether oxygens (including phenoxy) is 1. The van der Waals surface area contributed by atoms with E-state index in [-0.39, 0.29) is 24.0 Å². The van der Waals surface area contributed by atoms with Crippen molar-refractivity contribution >= 4 is 74.4 Å². The Hall–Kier alpha value is -4.95. The molecular weight excluding hydrogens is 662 g/mol. The zero-order valence-electron chi connectivity index (χ0n) is 24.9. The maximum Gasteiger partial charge on any atom is 0.267 e. The van der Waals surface area contributed by atoms with E-state index < -0.39 is 15.9 Å². The lowest BCUT2D eigenvalue weighted by Gasteiger charge is -2.13. The van der Waals surface area contributed by atoms with Gasteiger partial charge in [0.05, 0.1) is 28.8 Å². The number of nitrogens with zero attached hydrogens (tertiary/aromatic N) is 3. The highest BCUT2D eigenvalue weighted by molar-refractivity contribution is 8.18. The molecule has 14 heteroatoms. The average molecular weight is 690 g/mol. The zero-order chi connectivity index (χ0) is 33.4. The molecule has 0 unspecified atom stereocenters. The van der Waals surface area contributed by atoms with Crippen LogP contribution >= 0.6 is 23.4 Å². The van der Waals surface area contributed by atoms with Crippen LogP contribution in [0.1, 0.15) is 23.8 Å². The highest BCUT2D eigenvalue weighted by Crippen LogP contribution is 2.36. The number of anilines is 1. The molecule has 3 aromatic carbocycles. The largest absolute Gasteiger partial charge is 0.483 e. The first-order valence-electron chi connectivity index (χ1n) is 14.0. The molecule has 2 amide bonds. The van der Waals surface area contributed by atoms with E-state index in [2.05, 4.69) is 15.5 Å². The van der Waals surface area contributed by atoms with Crippen LogP contribution in [-0.4, -0.2) is 43.1 Å². The number of halogens is 1. The summed E-state index contributed by atoms with van der Waals surface area (Å²) in [6.45, 7) is 1.67. The van der Waals surface area contributed by atoms with Gasteiger partial charge in [0.15, 0.2) is 11.8 Å². The van der Waals surface area contributed by atoms with Crippen LogP contribution in [-0.2, 0) is 26.2 Å². The predicted molar refractivity (Wildman–Crippen MR) is 184 cm³/mol. The van der Waals surface area contributed by atoms with Crippen LogP contribution in [0.3, 0.4) is 0 Å².